The maximum atomic E-state index is 12.6. The summed E-state index contributed by atoms with van der Waals surface area (Å²) < 4.78 is 1.06. The molecule has 1 atom stereocenters. The summed E-state index contributed by atoms with van der Waals surface area (Å²) >= 11 is 5.05. The predicted molar refractivity (Wildman–Crippen MR) is 124 cm³/mol. The van der Waals surface area contributed by atoms with E-state index in [4.69, 9.17) is 0 Å². The molecule has 3 heterocycles. The highest BCUT2D eigenvalue weighted by molar-refractivity contribution is 9.10. The van der Waals surface area contributed by atoms with Gasteiger partial charge in [0.15, 0.2) is 5.82 Å². The summed E-state index contributed by atoms with van der Waals surface area (Å²) in [5, 5.41) is 12.8. The molecule has 1 unspecified atom stereocenters. The van der Waals surface area contributed by atoms with Gasteiger partial charge >= 0.3 is 0 Å². The number of nitrogens with zero attached hydrogens (tertiary/aromatic N) is 4. The Kier molecular flexibility index (Phi) is 7.62. The van der Waals surface area contributed by atoms with E-state index in [0.717, 1.165) is 52.7 Å². The molecule has 0 aliphatic carbocycles. The van der Waals surface area contributed by atoms with E-state index in [2.05, 4.69) is 53.4 Å². The van der Waals surface area contributed by atoms with Crippen LogP contribution in [0.2, 0.25) is 0 Å². The Morgan fingerprint density at radius 1 is 1.07 bits per heavy atom. The summed E-state index contributed by atoms with van der Waals surface area (Å²) in [6, 6.07) is 12.2. The van der Waals surface area contributed by atoms with Crippen LogP contribution in [-0.4, -0.2) is 60.3 Å². The van der Waals surface area contributed by atoms with E-state index in [9.17, 15) is 4.79 Å². The van der Waals surface area contributed by atoms with E-state index >= 15 is 0 Å². The normalized spacial score (nSPS) is 19.8. The van der Waals surface area contributed by atoms with Gasteiger partial charge < -0.3 is 15.1 Å². The molecule has 0 saturated carbocycles. The molecule has 6 nitrogen and oxygen atoms in total. The predicted octanol–water partition coefficient (Wildman–Crippen LogP) is 3.82. The molecule has 1 amide bonds. The molecule has 2 fully saturated rings. The topological polar surface area (TPSA) is 61.4 Å². The number of carbonyl (C=O) groups excluding carboxylic acids is 1. The van der Waals surface area contributed by atoms with E-state index in [0.29, 0.717) is 6.54 Å². The minimum atomic E-state index is 0.0240. The highest BCUT2D eigenvalue weighted by Gasteiger charge is 2.26. The van der Waals surface area contributed by atoms with Crippen LogP contribution in [0.5, 0.6) is 0 Å². The number of nitrogens with one attached hydrogen (secondary N) is 1. The monoisotopic (exact) mass is 489 g/mol. The second-order valence-corrected chi connectivity index (χ2v) is 9.92. The molecule has 2 saturated heterocycles. The van der Waals surface area contributed by atoms with Gasteiger partial charge in [0.2, 0.25) is 5.91 Å². The summed E-state index contributed by atoms with van der Waals surface area (Å²) in [7, 11) is 0. The SMILES string of the molecule is O=C(NCCN1CCCC1)C1CCCN(c2ccc(Sc3ccc(Br)cc3)nn2)C1. The fraction of sp³-hybridized carbons (Fsp3) is 0.500. The fourth-order valence-corrected chi connectivity index (χ4v) is 5.04. The molecule has 30 heavy (non-hydrogen) atoms. The van der Waals surface area contributed by atoms with Gasteiger partial charge in [-0.05, 0) is 75.2 Å². The highest BCUT2D eigenvalue weighted by atomic mass is 79.9. The van der Waals surface area contributed by atoms with Crippen molar-refractivity contribution >= 4 is 39.4 Å². The third-order valence-electron chi connectivity index (χ3n) is 5.70. The zero-order valence-corrected chi connectivity index (χ0v) is 19.5. The molecule has 0 radical (unpaired) electrons. The molecule has 2 aromatic rings. The van der Waals surface area contributed by atoms with Gasteiger partial charge in [-0.15, -0.1) is 10.2 Å². The Morgan fingerprint density at radius 3 is 2.60 bits per heavy atom. The molecule has 0 spiro atoms. The van der Waals surface area contributed by atoms with Crippen LogP contribution in [0.15, 0.2) is 50.8 Å². The maximum Gasteiger partial charge on any atom is 0.224 e. The second-order valence-electron chi connectivity index (χ2n) is 7.91. The molecular weight excluding hydrogens is 462 g/mol. The van der Waals surface area contributed by atoms with Gasteiger partial charge in [0.1, 0.15) is 5.03 Å². The molecule has 2 aliphatic rings. The lowest BCUT2D eigenvalue weighted by molar-refractivity contribution is -0.125. The van der Waals surface area contributed by atoms with Crippen LogP contribution < -0.4 is 10.2 Å². The lowest BCUT2D eigenvalue weighted by atomic mass is 9.97. The smallest absolute Gasteiger partial charge is 0.224 e. The maximum absolute atomic E-state index is 12.6. The number of amides is 1. The van der Waals surface area contributed by atoms with Crippen molar-refractivity contribution in [1.82, 2.24) is 20.4 Å². The van der Waals surface area contributed by atoms with Gasteiger partial charge in [-0.25, -0.2) is 0 Å². The van der Waals surface area contributed by atoms with Crippen LogP contribution in [0.3, 0.4) is 0 Å². The van der Waals surface area contributed by atoms with Crippen LogP contribution in [0, 0.1) is 5.92 Å². The summed E-state index contributed by atoms with van der Waals surface area (Å²) in [4.78, 5) is 18.4. The number of piperidine rings is 1. The van der Waals surface area contributed by atoms with Crippen molar-refractivity contribution in [3.05, 3.63) is 40.9 Å². The first-order valence-electron chi connectivity index (χ1n) is 10.7. The molecule has 160 valence electrons. The number of aromatic nitrogens is 2. The lowest BCUT2D eigenvalue weighted by Crippen LogP contribution is -2.44. The zero-order valence-electron chi connectivity index (χ0n) is 17.1. The van der Waals surface area contributed by atoms with Gasteiger partial charge in [-0.3, -0.25) is 4.79 Å². The van der Waals surface area contributed by atoms with Crippen LogP contribution in [0.4, 0.5) is 5.82 Å². The van der Waals surface area contributed by atoms with Gasteiger partial charge in [-0.1, -0.05) is 27.7 Å². The quantitative estimate of drug-likeness (QED) is 0.637. The number of anilines is 1. The Morgan fingerprint density at radius 2 is 1.87 bits per heavy atom. The molecule has 4 rings (SSSR count). The van der Waals surface area contributed by atoms with Gasteiger partial charge in [0.05, 0.1) is 5.92 Å². The molecule has 1 aromatic carbocycles. The number of carbonyl (C=O) groups is 1. The first-order chi connectivity index (χ1) is 14.7. The van der Waals surface area contributed by atoms with E-state index < -0.39 is 0 Å². The van der Waals surface area contributed by atoms with Gasteiger partial charge in [0, 0.05) is 35.5 Å². The number of rotatable bonds is 7. The van der Waals surface area contributed by atoms with Gasteiger partial charge in [0.25, 0.3) is 0 Å². The molecular formula is C22H28BrN5OS. The Bertz CT molecular complexity index is 826. The molecule has 1 aromatic heterocycles. The van der Waals surface area contributed by atoms with E-state index in [1.165, 1.54) is 25.9 Å². The minimum Gasteiger partial charge on any atom is -0.355 e. The number of halogens is 1. The minimum absolute atomic E-state index is 0.0240. The second kappa shape index (κ2) is 10.6. The molecule has 1 N–H and O–H groups in total. The van der Waals surface area contributed by atoms with E-state index in [1.54, 1.807) is 11.8 Å². The molecule has 2 aliphatic heterocycles. The van der Waals surface area contributed by atoms with Crippen molar-refractivity contribution in [2.45, 2.75) is 35.6 Å². The van der Waals surface area contributed by atoms with Crippen LogP contribution in [-0.2, 0) is 4.79 Å². The highest BCUT2D eigenvalue weighted by Crippen LogP contribution is 2.28. The van der Waals surface area contributed by atoms with Crippen molar-refractivity contribution in [1.29, 1.82) is 0 Å². The van der Waals surface area contributed by atoms with Crippen LogP contribution >= 0.6 is 27.7 Å². The number of likely N-dealkylation sites (tertiary alicyclic amines) is 1. The first kappa shape index (κ1) is 21.6. The Labute approximate surface area is 190 Å². The number of hydrogen-bond acceptors (Lipinski definition) is 6. The summed E-state index contributed by atoms with van der Waals surface area (Å²) in [6.07, 6.45) is 4.51. The van der Waals surface area contributed by atoms with Gasteiger partial charge in [-0.2, -0.15) is 0 Å². The van der Waals surface area contributed by atoms with Crippen LogP contribution in [0.1, 0.15) is 25.7 Å². The largest absolute Gasteiger partial charge is 0.355 e. The van der Waals surface area contributed by atoms with E-state index in [-0.39, 0.29) is 11.8 Å². The van der Waals surface area contributed by atoms with Crippen molar-refractivity contribution in [3.8, 4) is 0 Å². The average molecular weight is 490 g/mol. The van der Waals surface area contributed by atoms with Crippen molar-refractivity contribution in [3.63, 3.8) is 0 Å². The summed E-state index contributed by atoms with van der Waals surface area (Å²) in [6.45, 7) is 5.68. The summed E-state index contributed by atoms with van der Waals surface area (Å²) in [5.41, 5.74) is 0. The number of hydrogen-bond donors (Lipinski definition) is 1. The third kappa shape index (κ3) is 5.95. The Hall–Kier alpha value is -1.64. The average Bonchev–Trinajstić information content (AvgIpc) is 3.29. The number of benzene rings is 1. The molecule has 8 heteroatoms. The lowest BCUT2D eigenvalue weighted by Gasteiger charge is -2.32. The Balaban J connectivity index is 1.28. The zero-order chi connectivity index (χ0) is 20.8. The molecule has 0 bridgehead atoms. The van der Waals surface area contributed by atoms with Crippen LogP contribution in [0.25, 0.3) is 0 Å². The van der Waals surface area contributed by atoms with Crippen molar-refractivity contribution in [2.24, 2.45) is 5.92 Å². The standard InChI is InChI=1S/C22H28BrN5OS/c23-18-5-7-19(8-6-18)30-21-10-9-20(25-26-21)28-14-3-4-17(16-28)22(29)24-11-15-27-12-1-2-13-27/h5-10,17H,1-4,11-16H2,(H,24,29). The first-order valence-corrected chi connectivity index (χ1v) is 12.3. The van der Waals surface area contributed by atoms with E-state index in [1.807, 2.05) is 24.3 Å². The van der Waals surface area contributed by atoms with Crippen molar-refractivity contribution in [2.75, 3.05) is 44.2 Å². The third-order valence-corrected chi connectivity index (χ3v) is 7.17. The fourth-order valence-electron chi connectivity index (χ4n) is 4.05. The summed E-state index contributed by atoms with van der Waals surface area (Å²) in [5.74, 6) is 1.05. The van der Waals surface area contributed by atoms with Crippen molar-refractivity contribution < 1.29 is 4.79 Å².